The molecule has 3 amide bonds. The number of hydrogen-bond donors (Lipinski definition) is 4. The van der Waals surface area contributed by atoms with E-state index in [1.807, 2.05) is 36.4 Å². The molecule has 1 heterocycles. The molecular formula is C31H42N6O6S. The number of imidazole rings is 1. The SMILES string of the molecule is CC(C)(C)OC(=O)NC(C)(C)C(=O)N[C@H](CCCc1ccccc1)C(=O)Nc1cn(Cc2cccc(NS(C)(=O)=O)c2)cn1. The van der Waals surface area contributed by atoms with Crippen LogP contribution in [0.25, 0.3) is 0 Å². The van der Waals surface area contributed by atoms with Crippen molar-refractivity contribution in [2.24, 2.45) is 0 Å². The van der Waals surface area contributed by atoms with Gasteiger partial charge in [0.1, 0.15) is 17.2 Å². The van der Waals surface area contributed by atoms with Crippen LogP contribution in [0.4, 0.5) is 16.3 Å². The molecule has 1 aromatic heterocycles. The molecule has 0 aliphatic rings. The maximum Gasteiger partial charge on any atom is 0.408 e. The highest BCUT2D eigenvalue weighted by atomic mass is 32.2. The first-order valence-electron chi connectivity index (χ1n) is 14.2. The lowest BCUT2D eigenvalue weighted by molar-refractivity contribution is -0.130. The van der Waals surface area contributed by atoms with Crippen LogP contribution < -0.4 is 20.7 Å². The second kappa shape index (κ2) is 14.4. The molecule has 1 atom stereocenters. The number of anilines is 2. The van der Waals surface area contributed by atoms with Gasteiger partial charge in [-0.2, -0.15) is 0 Å². The van der Waals surface area contributed by atoms with Gasteiger partial charge in [-0.3, -0.25) is 14.3 Å². The first-order chi connectivity index (χ1) is 20.5. The summed E-state index contributed by atoms with van der Waals surface area (Å²) in [4.78, 5) is 43.3. The number of sulfonamides is 1. The van der Waals surface area contributed by atoms with Crippen LogP contribution >= 0.6 is 0 Å². The van der Waals surface area contributed by atoms with Crippen molar-refractivity contribution in [3.8, 4) is 0 Å². The van der Waals surface area contributed by atoms with Gasteiger partial charge in [0.25, 0.3) is 0 Å². The van der Waals surface area contributed by atoms with E-state index in [0.29, 0.717) is 31.5 Å². The number of carbonyl (C=O) groups is 3. The molecule has 0 unspecified atom stereocenters. The Hall–Kier alpha value is -4.39. The topological polar surface area (TPSA) is 161 Å². The van der Waals surface area contributed by atoms with Gasteiger partial charge >= 0.3 is 6.09 Å². The minimum Gasteiger partial charge on any atom is -0.444 e. The maximum atomic E-state index is 13.4. The molecule has 3 rings (SSSR count). The van der Waals surface area contributed by atoms with Gasteiger partial charge < -0.3 is 25.3 Å². The lowest BCUT2D eigenvalue weighted by Crippen LogP contribution is -2.58. The summed E-state index contributed by atoms with van der Waals surface area (Å²) in [5.41, 5.74) is 0.272. The van der Waals surface area contributed by atoms with Crippen LogP contribution in [0.1, 0.15) is 58.6 Å². The molecule has 0 bridgehead atoms. The van der Waals surface area contributed by atoms with Crippen molar-refractivity contribution in [3.63, 3.8) is 0 Å². The molecular weight excluding hydrogens is 584 g/mol. The molecule has 0 saturated carbocycles. The quantitative estimate of drug-likeness (QED) is 0.223. The second-order valence-corrected chi connectivity index (χ2v) is 13.9. The van der Waals surface area contributed by atoms with E-state index < -0.39 is 45.1 Å². The van der Waals surface area contributed by atoms with Gasteiger partial charge in [-0.25, -0.2) is 18.2 Å². The van der Waals surface area contributed by atoms with Crippen LogP contribution in [0.3, 0.4) is 0 Å². The third-order valence-corrected chi connectivity index (χ3v) is 6.89. The number of aryl methyl sites for hydroxylation is 1. The van der Waals surface area contributed by atoms with E-state index in [0.717, 1.165) is 17.4 Å². The zero-order valence-electron chi connectivity index (χ0n) is 26.0. The molecule has 238 valence electrons. The first-order valence-corrected chi connectivity index (χ1v) is 16.1. The summed E-state index contributed by atoms with van der Waals surface area (Å²) in [7, 11) is -3.41. The van der Waals surface area contributed by atoms with Gasteiger partial charge in [0.15, 0.2) is 5.82 Å². The predicted molar refractivity (Wildman–Crippen MR) is 170 cm³/mol. The number of carbonyl (C=O) groups excluding carboxylic acids is 3. The van der Waals surface area contributed by atoms with E-state index in [1.165, 1.54) is 13.8 Å². The number of nitrogens with zero attached hydrogens (tertiary/aromatic N) is 2. The van der Waals surface area contributed by atoms with Gasteiger partial charge in [-0.15, -0.1) is 0 Å². The van der Waals surface area contributed by atoms with Crippen molar-refractivity contribution in [2.45, 2.75) is 77.6 Å². The fourth-order valence-corrected chi connectivity index (χ4v) is 4.82. The highest BCUT2D eigenvalue weighted by Crippen LogP contribution is 2.16. The smallest absolute Gasteiger partial charge is 0.408 e. The monoisotopic (exact) mass is 626 g/mol. The molecule has 0 aliphatic heterocycles. The molecule has 2 aromatic carbocycles. The van der Waals surface area contributed by atoms with Crippen molar-refractivity contribution in [1.29, 1.82) is 0 Å². The summed E-state index contributed by atoms with van der Waals surface area (Å²) in [6.07, 6.45) is 5.20. The lowest BCUT2D eigenvalue weighted by atomic mass is 10.0. The third-order valence-electron chi connectivity index (χ3n) is 6.28. The van der Waals surface area contributed by atoms with Gasteiger partial charge in [0.05, 0.1) is 12.6 Å². The summed E-state index contributed by atoms with van der Waals surface area (Å²) in [6.45, 7) is 8.62. The van der Waals surface area contributed by atoms with Gasteiger partial charge in [-0.05, 0) is 77.1 Å². The van der Waals surface area contributed by atoms with Gasteiger partial charge in [0, 0.05) is 18.4 Å². The van der Waals surface area contributed by atoms with E-state index in [-0.39, 0.29) is 5.82 Å². The number of nitrogens with one attached hydrogen (secondary N) is 4. The first kappa shape index (κ1) is 34.1. The van der Waals surface area contributed by atoms with Crippen molar-refractivity contribution in [1.82, 2.24) is 20.2 Å². The molecule has 0 spiro atoms. The van der Waals surface area contributed by atoms with Crippen LogP contribution in [-0.2, 0) is 37.3 Å². The van der Waals surface area contributed by atoms with Gasteiger partial charge in [-0.1, -0.05) is 42.5 Å². The van der Waals surface area contributed by atoms with E-state index >= 15 is 0 Å². The average Bonchev–Trinajstić information content (AvgIpc) is 3.32. The average molecular weight is 627 g/mol. The molecule has 4 N–H and O–H groups in total. The minimum atomic E-state index is -3.41. The molecule has 0 aliphatic carbocycles. The largest absolute Gasteiger partial charge is 0.444 e. The van der Waals surface area contributed by atoms with E-state index in [9.17, 15) is 22.8 Å². The molecule has 0 fully saturated rings. The third kappa shape index (κ3) is 11.7. The Labute approximate surface area is 259 Å². The molecule has 44 heavy (non-hydrogen) atoms. The summed E-state index contributed by atoms with van der Waals surface area (Å²) >= 11 is 0. The Morgan fingerprint density at radius 3 is 2.32 bits per heavy atom. The van der Waals surface area contributed by atoms with Crippen LogP contribution in [0, 0.1) is 0 Å². The van der Waals surface area contributed by atoms with Crippen molar-refractivity contribution >= 4 is 39.4 Å². The van der Waals surface area contributed by atoms with Crippen molar-refractivity contribution < 1.29 is 27.5 Å². The Kier molecular flexibility index (Phi) is 11.2. The highest BCUT2D eigenvalue weighted by Gasteiger charge is 2.34. The second-order valence-electron chi connectivity index (χ2n) is 12.2. The molecule has 0 saturated heterocycles. The summed E-state index contributed by atoms with van der Waals surface area (Å²) in [5.74, 6) is -0.714. The summed E-state index contributed by atoms with van der Waals surface area (Å²) in [5, 5.41) is 8.14. The highest BCUT2D eigenvalue weighted by molar-refractivity contribution is 7.92. The summed E-state index contributed by atoms with van der Waals surface area (Å²) in [6, 6.07) is 15.9. The van der Waals surface area contributed by atoms with Gasteiger partial charge in [0.2, 0.25) is 21.8 Å². The van der Waals surface area contributed by atoms with Crippen LogP contribution in [0.5, 0.6) is 0 Å². The van der Waals surface area contributed by atoms with E-state index in [1.54, 1.807) is 56.1 Å². The standard InChI is InChI=1S/C31H42N6O6S/c1-30(2,3)43-29(40)35-31(4,5)28(39)33-25(17-11-14-22-12-8-7-9-13-22)27(38)34-26-20-37(21-32-26)19-23-15-10-16-24(18-23)36-44(6,41)42/h7-10,12-13,15-16,18,20-21,25,36H,11,14,17,19H2,1-6H3,(H,33,39)(H,34,38)(H,35,40)/t25-/m1/s1. The fraction of sp³-hybridized carbons (Fsp3) is 0.419. The number of hydrogen-bond acceptors (Lipinski definition) is 7. The van der Waals surface area contributed by atoms with E-state index in [4.69, 9.17) is 4.74 Å². The Morgan fingerprint density at radius 1 is 0.977 bits per heavy atom. The van der Waals surface area contributed by atoms with E-state index in [2.05, 4.69) is 25.7 Å². The number of rotatable bonds is 13. The van der Waals surface area contributed by atoms with Crippen LogP contribution in [-0.4, -0.2) is 59.3 Å². The maximum absolute atomic E-state index is 13.4. The normalized spacial score (nSPS) is 12.6. The molecule has 13 heteroatoms. The van der Waals surface area contributed by atoms with Crippen molar-refractivity contribution in [3.05, 3.63) is 78.2 Å². The van der Waals surface area contributed by atoms with Crippen molar-refractivity contribution in [2.75, 3.05) is 16.3 Å². The zero-order chi connectivity index (χ0) is 32.5. The number of aromatic nitrogens is 2. The van der Waals surface area contributed by atoms with Crippen LogP contribution in [0.15, 0.2) is 67.1 Å². The fourth-order valence-electron chi connectivity index (χ4n) is 4.26. The summed E-state index contributed by atoms with van der Waals surface area (Å²) < 4.78 is 32.6. The minimum absolute atomic E-state index is 0.286. The zero-order valence-corrected chi connectivity index (χ0v) is 26.8. The lowest BCUT2D eigenvalue weighted by Gasteiger charge is -2.29. The number of alkyl carbamates (subject to hydrolysis) is 1. The molecule has 0 radical (unpaired) electrons. The predicted octanol–water partition coefficient (Wildman–Crippen LogP) is 4.05. The Balaban J connectivity index is 1.69. The number of amides is 3. The number of ether oxygens (including phenoxy) is 1. The molecule has 12 nitrogen and oxygen atoms in total. The number of benzene rings is 2. The Bertz CT molecular complexity index is 1550. The Morgan fingerprint density at radius 2 is 1.66 bits per heavy atom. The molecule has 3 aromatic rings. The van der Waals surface area contributed by atoms with Crippen LogP contribution in [0.2, 0.25) is 0 Å².